The minimum Gasteiger partial charge on any atom is -0.464 e. The van der Waals surface area contributed by atoms with E-state index in [1.54, 1.807) is 17.0 Å². The lowest BCUT2D eigenvalue weighted by Crippen LogP contribution is -2.32. The van der Waals surface area contributed by atoms with Crippen molar-refractivity contribution in [2.45, 2.75) is 19.3 Å². The van der Waals surface area contributed by atoms with Crippen LogP contribution in [0.3, 0.4) is 0 Å². The summed E-state index contributed by atoms with van der Waals surface area (Å²) in [5, 5.41) is 3.43. The summed E-state index contributed by atoms with van der Waals surface area (Å²) in [6, 6.07) is 8.31. The quantitative estimate of drug-likeness (QED) is 0.805. The Kier molecular flexibility index (Phi) is 4.34. The van der Waals surface area contributed by atoms with Gasteiger partial charge in [0.2, 0.25) is 5.91 Å². The molecular formula is C17H17NO3S. The molecule has 1 aliphatic heterocycles. The molecule has 1 aliphatic carbocycles. The number of fused-ring (bicyclic) bond motifs is 1. The molecule has 0 saturated heterocycles. The summed E-state index contributed by atoms with van der Waals surface area (Å²) in [5.41, 5.74) is 2.94. The summed E-state index contributed by atoms with van der Waals surface area (Å²) in [5.74, 6) is -0.252. The van der Waals surface area contributed by atoms with Crippen molar-refractivity contribution >= 4 is 23.6 Å². The van der Waals surface area contributed by atoms with Crippen LogP contribution < -0.4 is 0 Å². The van der Waals surface area contributed by atoms with Crippen molar-refractivity contribution in [1.82, 2.24) is 4.90 Å². The van der Waals surface area contributed by atoms with E-state index in [1.165, 1.54) is 34.9 Å². The van der Waals surface area contributed by atoms with Crippen LogP contribution in [-0.4, -0.2) is 23.9 Å². The average molecular weight is 315 g/mol. The van der Waals surface area contributed by atoms with Gasteiger partial charge in [-0.3, -0.25) is 9.69 Å². The van der Waals surface area contributed by atoms with Gasteiger partial charge in [-0.15, -0.1) is 11.8 Å². The largest absolute Gasteiger partial charge is 0.464 e. The summed E-state index contributed by atoms with van der Waals surface area (Å²) in [4.78, 5) is 25.7. The van der Waals surface area contributed by atoms with E-state index in [1.807, 2.05) is 12.1 Å². The summed E-state index contributed by atoms with van der Waals surface area (Å²) in [6.45, 7) is 0. The van der Waals surface area contributed by atoms with Gasteiger partial charge >= 0.3 is 5.97 Å². The smallest absolute Gasteiger partial charge is 0.355 e. The van der Waals surface area contributed by atoms with E-state index >= 15 is 0 Å². The third-order valence-electron chi connectivity index (χ3n) is 3.99. The first-order valence-electron chi connectivity index (χ1n) is 7.18. The molecule has 0 saturated carbocycles. The van der Waals surface area contributed by atoms with E-state index < -0.39 is 5.97 Å². The fraction of sp³-hybridized carbons (Fsp3) is 0.294. The maximum Gasteiger partial charge on any atom is 0.355 e. The number of methoxy groups -OCH3 is 1. The molecule has 0 aromatic heterocycles. The molecule has 1 amide bonds. The van der Waals surface area contributed by atoms with E-state index in [0.29, 0.717) is 12.3 Å². The number of benzene rings is 1. The molecule has 1 aromatic carbocycles. The number of hydrogen-bond donors (Lipinski definition) is 0. The Labute approximate surface area is 133 Å². The molecular weight excluding hydrogens is 298 g/mol. The number of carbonyl (C=O) groups excluding carboxylic acids is 2. The lowest BCUT2D eigenvalue weighted by Gasteiger charge is -2.23. The predicted molar refractivity (Wildman–Crippen MR) is 85.6 cm³/mol. The SMILES string of the molecule is COC(=O)C1=CSC=CN1C(=O)CC1Cc2ccccc2C1. The van der Waals surface area contributed by atoms with Gasteiger partial charge in [-0.2, -0.15) is 0 Å². The summed E-state index contributed by atoms with van der Waals surface area (Å²) >= 11 is 1.36. The minimum atomic E-state index is -0.486. The van der Waals surface area contributed by atoms with Crippen LogP contribution in [0.25, 0.3) is 0 Å². The molecule has 0 spiro atoms. The fourth-order valence-corrected chi connectivity index (χ4v) is 3.55. The van der Waals surface area contributed by atoms with E-state index in [4.69, 9.17) is 4.74 Å². The lowest BCUT2D eigenvalue weighted by molar-refractivity contribution is -0.141. The molecule has 0 atom stereocenters. The molecule has 114 valence electrons. The first-order valence-corrected chi connectivity index (χ1v) is 8.13. The first-order chi connectivity index (χ1) is 10.7. The van der Waals surface area contributed by atoms with Crippen LogP contribution in [0.5, 0.6) is 0 Å². The molecule has 0 N–H and O–H groups in total. The van der Waals surface area contributed by atoms with Crippen LogP contribution in [0.2, 0.25) is 0 Å². The van der Waals surface area contributed by atoms with Crippen LogP contribution >= 0.6 is 11.8 Å². The Balaban J connectivity index is 1.67. The van der Waals surface area contributed by atoms with Gasteiger partial charge in [0.05, 0.1) is 7.11 Å². The third-order valence-corrected chi connectivity index (χ3v) is 4.63. The van der Waals surface area contributed by atoms with E-state index in [9.17, 15) is 9.59 Å². The monoisotopic (exact) mass is 315 g/mol. The first kappa shape index (κ1) is 14.9. The van der Waals surface area contributed by atoms with Crippen molar-refractivity contribution < 1.29 is 14.3 Å². The molecule has 3 rings (SSSR count). The van der Waals surface area contributed by atoms with Crippen molar-refractivity contribution in [3.05, 3.63) is 58.1 Å². The van der Waals surface area contributed by atoms with Gasteiger partial charge in [0.15, 0.2) is 0 Å². The summed E-state index contributed by atoms with van der Waals surface area (Å²) < 4.78 is 4.74. The highest BCUT2D eigenvalue weighted by atomic mass is 32.2. The summed E-state index contributed by atoms with van der Waals surface area (Å²) in [6.07, 6.45) is 3.91. The Morgan fingerprint density at radius 2 is 1.95 bits per heavy atom. The number of nitrogens with zero attached hydrogens (tertiary/aromatic N) is 1. The molecule has 2 aliphatic rings. The molecule has 22 heavy (non-hydrogen) atoms. The Morgan fingerprint density at radius 1 is 1.27 bits per heavy atom. The van der Waals surface area contributed by atoms with Crippen LogP contribution in [-0.2, 0) is 27.2 Å². The van der Waals surface area contributed by atoms with Gasteiger partial charge in [0.1, 0.15) is 5.70 Å². The second-order valence-corrected chi connectivity index (χ2v) is 6.21. The molecule has 0 unspecified atom stereocenters. The van der Waals surface area contributed by atoms with Crippen LogP contribution in [0.4, 0.5) is 0 Å². The van der Waals surface area contributed by atoms with E-state index in [2.05, 4.69) is 12.1 Å². The molecule has 1 heterocycles. The van der Waals surface area contributed by atoms with Crippen molar-refractivity contribution in [3.63, 3.8) is 0 Å². The Hall–Kier alpha value is -2.01. The second kappa shape index (κ2) is 6.40. The van der Waals surface area contributed by atoms with Gasteiger partial charge < -0.3 is 4.74 Å². The average Bonchev–Trinajstić information content (AvgIpc) is 2.96. The van der Waals surface area contributed by atoms with Crippen molar-refractivity contribution in [1.29, 1.82) is 0 Å². The summed E-state index contributed by atoms with van der Waals surface area (Å²) in [7, 11) is 1.32. The minimum absolute atomic E-state index is 0.0639. The number of carbonyl (C=O) groups is 2. The highest BCUT2D eigenvalue weighted by Crippen LogP contribution is 2.30. The zero-order chi connectivity index (χ0) is 15.5. The predicted octanol–water partition coefficient (Wildman–Crippen LogP) is 2.85. The number of amides is 1. The molecule has 1 aromatic rings. The molecule has 0 bridgehead atoms. The van der Waals surface area contributed by atoms with Crippen molar-refractivity contribution in [3.8, 4) is 0 Å². The highest BCUT2D eigenvalue weighted by molar-refractivity contribution is 8.05. The molecule has 0 radical (unpaired) electrons. The van der Waals surface area contributed by atoms with Crippen LogP contribution in [0.15, 0.2) is 47.0 Å². The molecule has 4 nitrogen and oxygen atoms in total. The van der Waals surface area contributed by atoms with E-state index in [0.717, 1.165) is 12.8 Å². The van der Waals surface area contributed by atoms with Gasteiger partial charge in [-0.05, 0) is 35.3 Å². The molecule has 0 fully saturated rings. The normalized spacial score (nSPS) is 17.1. The molecule has 5 heteroatoms. The maximum atomic E-state index is 12.6. The number of hydrogen-bond acceptors (Lipinski definition) is 4. The highest BCUT2D eigenvalue weighted by Gasteiger charge is 2.29. The van der Waals surface area contributed by atoms with Crippen molar-refractivity contribution in [2.24, 2.45) is 5.92 Å². The fourth-order valence-electron chi connectivity index (χ4n) is 2.94. The van der Waals surface area contributed by atoms with Gasteiger partial charge in [-0.1, -0.05) is 24.3 Å². The van der Waals surface area contributed by atoms with Crippen LogP contribution in [0.1, 0.15) is 17.5 Å². The zero-order valence-electron chi connectivity index (χ0n) is 12.3. The van der Waals surface area contributed by atoms with E-state index in [-0.39, 0.29) is 11.6 Å². The number of rotatable bonds is 3. The number of thioether (sulfide) groups is 1. The van der Waals surface area contributed by atoms with Gasteiger partial charge in [0.25, 0.3) is 0 Å². The Bertz CT molecular complexity index is 641. The zero-order valence-corrected chi connectivity index (χ0v) is 13.1. The van der Waals surface area contributed by atoms with Gasteiger partial charge in [-0.25, -0.2) is 4.79 Å². The van der Waals surface area contributed by atoms with Gasteiger partial charge in [0, 0.05) is 18.0 Å². The topological polar surface area (TPSA) is 46.6 Å². The van der Waals surface area contributed by atoms with Crippen molar-refractivity contribution in [2.75, 3.05) is 7.11 Å². The third kappa shape index (κ3) is 2.95. The number of esters is 1. The van der Waals surface area contributed by atoms with Crippen LogP contribution in [0, 0.1) is 5.92 Å². The standard InChI is InChI=1S/C17H17NO3S/c1-21-17(20)15-11-22-7-6-18(15)16(19)10-12-8-13-4-2-3-5-14(13)9-12/h2-7,11-12H,8-10H2,1H3. The Morgan fingerprint density at radius 3 is 2.59 bits per heavy atom. The number of ether oxygens (including phenoxy) is 1. The lowest BCUT2D eigenvalue weighted by atomic mass is 10.0. The maximum absolute atomic E-state index is 12.6. The second-order valence-electron chi connectivity index (χ2n) is 5.43.